The maximum Gasteiger partial charge on any atom is 0.229 e. The van der Waals surface area contributed by atoms with Crippen molar-refractivity contribution >= 4 is 38.7 Å². The molecule has 1 aliphatic carbocycles. The summed E-state index contributed by atoms with van der Waals surface area (Å²) >= 11 is 5.89. The van der Waals surface area contributed by atoms with Gasteiger partial charge in [-0.2, -0.15) is 0 Å². The lowest BCUT2D eigenvalue weighted by Gasteiger charge is -2.29. The number of hydrogen-bond donors (Lipinski definition) is 2. The molecule has 2 aliphatic rings. The van der Waals surface area contributed by atoms with Crippen LogP contribution >= 0.6 is 12.2 Å². The van der Waals surface area contributed by atoms with E-state index in [1.54, 1.807) is 18.3 Å². The highest BCUT2D eigenvalue weighted by molar-refractivity contribution is 7.92. The number of thiocarbonyl (C=S) groups is 1. The zero-order chi connectivity index (χ0) is 26.3. The number of rotatable bonds is 7. The standard InChI is InChI=1S/C27H33N5O3S2/c1-17-15-21(18(2)31(17)19-9-5-6-10-19)26-25(22-11-7-8-14-28-22)29-27(36)32(26)20-12-13-24(35-3)23(16-20)30-37(4,33)34/h7-8,11-16,19,25-26,30H,5-6,9-10H2,1-4H3,(H,29,36). The third kappa shape index (κ3) is 4.92. The van der Waals surface area contributed by atoms with Gasteiger partial charge in [0.1, 0.15) is 5.75 Å². The van der Waals surface area contributed by atoms with Gasteiger partial charge in [-0.3, -0.25) is 9.71 Å². The van der Waals surface area contributed by atoms with Crippen molar-refractivity contribution in [1.29, 1.82) is 0 Å². The Kier molecular flexibility index (Phi) is 6.89. The number of pyridine rings is 1. The Labute approximate surface area is 224 Å². The summed E-state index contributed by atoms with van der Waals surface area (Å²) in [4.78, 5) is 6.73. The van der Waals surface area contributed by atoms with E-state index >= 15 is 0 Å². The maximum atomic E-state index is 12.1. The molecule has 8 nitrogen and oxygen atoms in total. The number of benzene rings is 1. The van der Waals surface area contributed by atoms with E-state index < -0.39 is 10.0 Å². The van der Waals surface area contributed by atoms with Crippen LogP contribution in [-0.2, 0) is 10.0 Å². The van der Waals surface area contributed by atoms with E-state index in [1.807, 2.05) is 24.3 Å². The number of sulfonamides is 1. The molecule has 1 saturated carbocycles. The molecule has 2 N–H and O–H groups in total. The van der Waals surface area contributed by atoms with E-state index in [0.717, 1.165) is 17.6 Å². The van der Waals surface area contributed by atoms with E-state index in [2.05, 4.69) is 44.4 Å². The predicted molar refractivity (Wildman–Crippen MR) is 151 cm³/mol. The molecule has 0 amide bonds. The van der Waals surface area contributed by atoms with Crippen molar-refractivity contribution in [2.75, 3.05) is 23.0 Å². The average Bonchev–Trinajstić information content (AvgIpc) is 3.56. The number of hydrogen-bond acceptors (Lipinski definition) is 5. The van der Waals surface area contributed by atoms with Crippen LogP contribution in [0.2, 0.25) is 0 Å². The molecule has 196 valence electrons. The summed E-state index contributed by atoms with van der Waals surface area (Å²) in [5.41, 5.74) is 5.67. The second kappa shape index (κ2) is 9.98. The van der Waals surface area contributed by atoms with E-state index in [9.17, 15) is 8.42 Å². The van der Waals surface area contributed by atoms with Gasteiger partial charge in [0.15, 0.2) is 5.11 Å². The van der Waals surface area contributed by atoms with Gasteiger partial charge < -0.3 is 19.5 Å². The number of aromatic nitrogens is 2. The molecular formula is C27H33N5O3S2. The smallest absolute Gasteiger partial charge is 0.229 e. The van der Waals surface area contributed by atoms with Gasteiger partial charge in [0.25, 0.3) is 0 Å². The lowest BCUT2D eigenvalue weighted by atomic mass is 9.96. The molecule has 0 radical (unpaired) electrons. The molecule has 3 heterocycles. The normalized spacial score (nSPS) is 20.3. The first kappa shape index (κ1) is 25.5. The molecule has 2 unspecified atom stereocenters. The van der Waals surface area contributed by atoms with Crippen LogP contribution in [0.3, 0.4) is 0 Å². The molecule has 0 bridgehead atoms. The summed E-state index contributed by atoms with van der Waals surface area (Å²) in [5, 5.41) is 4.06. The molecule has 2 atom stereocenters. The van der Waals surface area contributed by atoms with Crippen LogP contribution in [0, 0.1) is 13.8 Å². The van der Waals surface area contributed by atoms with Gasteiger partial charge in [-0.1, -0.05) is 18.9 Å². The minimum Gasteiger partial charge on any atom is -0.495 e. The second-order valence-electron chi connectivity index (χ2n) is 9.89. The molecule has 0 spiro atoms. The van der Waals surface area contributed by atoms with Crippen molar-refractivity contribution in [2.24, 2.45) is 0 Å². The number of nitrogens with one attached hydrogen (secondary N) is 2. The Bertz CT molecular complexity index is 1420. The monoisotopic (exact) mass is 539 g/mol. The van der Waals surface area contributed by atoms with Crippen LogP contribution in [0.15, 0.2) is 48.7 Å². The molecule has 10 heteroatoms. The molecule has 3 aromatic rings. The van der Waals surface area contributed by atoms with Crippen LogP contribution in [0.25, 0.3) is 0 Å². The molecule has 5 rings (SSSR count). The molecule has 1 aliphatic heterocycles. The minimum atomic E-state index is -3.51. The van der Waals surface area contributed by atoms with Crippen molar-refractivity contribution in [3.63, 3.8) is 0 Å². The van der Waals surface area contributed by atoms with Crippen LogP contribution in [0.4, 0.5) is 11.4 Å². The van der Waals surface area contributed by atoms with E-state index in [-0.39, 0.29) is 12.1 Å². The highest BCUT2D eigenvalue weighted by Crippen LogP contribution is 2.46. The number of ether oxygens (including phenoxy) is 1. The Morgan fingerprint density at radius 3 is 2.54 bits per heavy atom. The zero-order valence-electron chi connectivity index (χ0n) is 21.6. The van der Waals surface area contributed by atoms with Gasteiger partial charge in [0, 0.05) is 29.3 Å². The van der Waals surface area contributed by atoms with Crippen molar-refractivity contribution in [1.82, 2.24) is 14.9 Å². The van der Waals surface area contributed by atoms with Gasteiger partial charge in [-0.05, 0) is 80.9 Å². The quantitative estimate of drug-likeness (QED) is 0.400. The summed E-state index contributed by atoms with van der Waals surface area (Å²) in [7, 11) is -2.00. The Morgan fingerprint density at radius 2 is 1.89 bits per heavy atom. The van der Waals surface area contributed by atoms with Gasteiger partial charge in [0.05, 0.1) is 36.8 Å². The fourth-order valence-electron chi connectivity index (χ4n) is 5.90. The maximum absolute atomic E-state index is 12.1. The van der Waals surface area contributed by atoms with Crippen LogP contribution in [0.5, 0.6) is 5.75 Å². The van der Waals surface area contributed by atoms with E-state index in [1.165, 1.54) is 49.7 Å². The lowest BCUT2D eigenvalue weighted by Crippen LogP contribution is -2.29. The van der Waals surface area contributed by atoms with Crippen LogP contribution < -0.4 is 19.7 Å². The number of anilines is 2. The van der Waals surface area contributed by atoms with Gasteiger partial charge in [0.2, 0.25) is 10.0 Å². The van der Waals surface area contributed by atoms with Crippen LogP contribution in [0.1, 0.15) is 66.5 Å². The molecule has 2 aromatic heterocycles. The molecule has 37 heavy (non-hydrogen) atoms. The molecule has 2 fully saturated rings. The summed E-state index contributed by atoms with van der Waals surface area (Å²) in [6.07, 6.45) is 7.84. The third-order valence-corrected chi connectivity index (χ3v) is 8.29. The Balaban J connectivity index is 1.65. The lowest BCUT2D eigenvalue weighted by molar-refractivity contribution is 0.417. The summed E-state index contributed by atoms with van der Waals surface area (Å²) in [6.45, 7) is 4.37. The first-order valence-electron chi connectivity index (χ1n) is 12.5. The predicted octanol–water partition coefficient (Wildman–Crippen LogP) is 5.17. The summed E-state index contributed by atoms with van der Waals surface area (Å²) in [5.74, 6) is 0.435. The topological polar surface area (TPSA) is 88.5 Å². The largest absolute Gasteiger partial charge is 0.495 e. The fourth-order valence-corrected chi connectivity index (χ4v) is 6.81. The van der Waals surface area contributed by atoms with Crippen molar-refractivity contribution < 1.29 is 13.2 Å². The number of nitrogens with zero attached hydrogens (tertiary/aromatic N) is 3. The third-order valence-electron chi connectivity index (χ3n) is 7.39. The summed E-state index contributed by atoms with van der Waals surface area (Å²) in [6, 6.07) is 13.8. The first-order valence-corrected chi connectivity index (χ1v) is 14.8. The highest BCUT2D eigenvalue weighted by atomic mass is 32.2. The van der Waals surface area contributed by atoms with Crippen LogP contribution in [-0.4, -0.2) is 36.4 Å². The fraction of sp³-hybridized carbons (Fsp3) is 0.407. The minimum absolute atomic E-state index is 0.178. The number of methoxy groups -OCH3 is 1. The van der Waals surface area contributed by atoms with Gasteiger partial charge in [-0.25, -0.2) is 8.42 Å². The van der Waals surface area contributed by atoms with Crippen molar-refractivity contribution in [3.8, 4) is 5.75 Å². The Morgan fingerprint density at radius 1 is 1.14 bits per heavy atom. The van der Waals surface area contributed by atoms with Gasteiger partial charge in [-0.15, -0.1) is 0 Å². The molecular weight excluding hydrogens is 506 g/mol. The average molecular weight is 540 g/mol. The van der Waals surface area contributed by atoms with Crippen molar-refractivity contribution in [3.05, 3.63) is 71.3 Å². The van der Waals surface area contributed by atoms with Crippen molar-refractivity contribution in [2.45, 2.75) is 57.7 Å². The van der Waals surface area contributed by atoms with Gasteiger partial charge >= 0.3 is 0 Å². The molecule has 1 saturated heterocycles. The summed E-state index contributed by atoms with van der Waals surface area (Å²) < 4.78 is 34.6. The number of aryl methyl sites for hydroxylation is 1. The SMILES string of the molecule is COc1ccc(N2C(=S)NC(c3ccccn3)C2c2cc(C)n(C3CCCC3)c2C)cc1NS(C)(=O)=O. The van der Waals surface area contributed by atoms with E-state index in [0.29, 0.717) is 22.6 Å². The molecule has 1 aromatic carbocycles. The second-order valence-corrected chi connectivity index (χ2v) is 12.0. The zero-order valence-corrected chi connectivity index (χ0v) is 23.2. The highest BCUT2D eigenvalue weighted by Gasteiger charge is 2.42. The Hall–Kier alpha value is -3.11. The first-order chi connectivity index (χ1) is 17.7. The van der Waals surface area contributed by atoms with E-state index in [4.69, 9.17) is 17.0 Å².